The Kier molecular flexibility index (Phi) is 5.05. The zero-order valence-corrected chi connectivity index (χ0v) is 14.0. The van der Waals surface area contributed by atoms with Crippen molar-refractivity contribution in [1.82, 2.24) is 0 Å². The van der Waals surface area contributed by atoms with Gasteiger partial charge in [0.05, 0.1) is 10.6 Å². The van der Waals surface area contributed by atoms with Gasteiger partial charge in [-0.1, -0.05) is 30.3 Å². The summed E-state index contributed by atoms with van der Waals surface area (Å²) in [5, 5.41) is 0. The number of amides is 1. The van der Waals surface area contributed by atoms with Gasteiger partial charge in [0.15, 0.2) is 0 Å². The third-order valence-electron chi connectivity index (χ3n) is 3.52. The van der Waals surface area contributed by atoms with E-state index in [-0.39, 0.29) is 17.9 Å². The highest BCUT2D eigenvalue weighted by Crippen LogP contribution is 2.26. The summed E-state index contributed by atoms with van der Waals surface area (Å²) in [5.41, 5.74) is 7.22. The summed E-state index contributed by atoms with van der Waals surface area (Å²) in [7, 11) is -3.78. The minimum Gasteiger partial charge on any atom is -0.370 e. The van der Waals surface area contributed by atoms with E-state index in [0.717, 1.165) is 5.56 Å². The van der Waals surface area contributed by atoms with Crippen molar-refractivity contribution in [2.24, 2.45) is 5.73 Å². The maximum atomic E-state index is 13.1. The molecule has 5 nitrogen and oxygen atoms in total. The van der Waals surface area contributed by atoms with Crippen LogP contribution in [0.5, 0.6) is 0 Å². The Morgan fingerprint density at radius 3 is 2.35 bits per heavy atom. The van der Waals surface area contributed by atoms with E-state index >= 15 is 0 Å². The maximum Gasteiger partial charge on any atom is 0.264 e. The largest absolute Gasteiger partial charge is 0.370 e. The second-order valence-corrected chi connectivity index (χ2v) is 7.23. The number of benzene rings is 2. The first-order valence-corrected chi connectivity index (χ1v) is 8.69. The van der Waals surface area contributed by atoms with Crippen LogP contribution in [0, 0.1) is 13.8 Å². The molecule has 0 radical (unpaired) electrons. The van der Waals surface area contributed by atoms with Gasteiger partial charge in [-0.3, -0.25) is 9.10 Å². The molecule has 2 N–H and O–H groups in total. The Labute approximate surface area is 136 Å². The number of anilines is 1. The summed E-state index contributed by atoms with van der Waals surface area (Å²) in [6, 6.07) is 14.0. The monoisotopic (exact) mass is 332 g/mol. The lowest BCUT2D eigenvalue weighted by molar-refractivity contribution is -0.117. The molecule has 23 heavy (non-hydrogen) atoms. The van der Waals surface area contributed by atoms with Gasteiger partial charge in [0.1, 0.15) is 0 Å². The number of carbonyl (C=O) groups excluding carboxylic acids is 1. The van der Waals surface area contributed by atoms with Crippen molar-refractivity contribution in [3.63, 3.8) is 0 Å². The van der Waals surface area contributed by atoms with Crippen LogP contribution in [0.15, 0.2) is 53.4 Å². The van der Waals surface area contributed by atoms with Crippen LogP contribution >= 0.6 is 0 Å². The van der Waals surface area contributed by atoms with Gasteiger partial charge in [-0.15, -0.1) is 0 Å². The normalized spacial score (nSPS) is 11.2. The van der Waals surface area contributed by atoms with E-state index < -0.39 is 15.9 Å². The van der Waals surface area contributed by atoms with Crippen LogP contribution in [0.4, 0.5) is 5.69 Å². The highest BCUT2D eigenvalue weighted by Gasteiger charge is 2.26. The van der Waals surface area contributed by atoms with Crippen molar-refractivity contribution in [3.05, 3.63) is 59.7 Å². The first-order chi connectivity index (χ1) is 10.8. The lowest BCUT2D eigenvalue weighted by atomic mass is 10.2. The molecule has 6 heteroatoms. The van der Waals surface area contributed by atoms with Crippen molar-refractivity contribution in [1.29, 1.82) is 0 Å². The summed E-state index contributed by atoms with van der Waals surface area (Å²) >= 11 is 0. The molecule has 0 spiro atoms. The molecule has 0 aliphatic heterocycles. The molecule has 0 unspecified atom stereocenters. The number of aryl methyl sites for hydroxylation is 2. The predicted octanol–water partition coefficient (Wildman–Crippen LogP) is 2.37. The van der Waals surface area contributed by atoms with E-state index in [1.807, 2.05) is 13.0 Å². The fourth-order valence-corrected chi connectivity index (χ4v) is 4.08. The van der Waals surface area contributed by atoms with E-state index in [1.165, 1.54) is 4.31 Å². The van der Waals surface area contributed by atoms with Crippen LogP contribution in [-0.4, -0.2) is 20.9 Å². The van der Waals surface area contributed by atoms with Crippen molar-refractivity contribution in [2.45, 2.75) is 25.2 Å². The standard InChI is InChI=1S/C17H20N2O3S/c1-13-8-9-14(2)16(12-13)23(21,22)19(11-10-17(18)20)15-6-4-3-5-7-15/h3-9,12H,10-11H2,1-2H3,(H2,18,20). The Bertz CT molecular complexity index is 802. The Balaban J connectivity index is 2.52. The number of sulfonamides is 1. The lowest BCUT2D eigenvalue weighted by Crippen LogP contribution is -2.34. The van der Waals surface area contributed by atoms with Crippen LogP contribution in [0.25, 0.3) is 0 Å². The quantitative estimate of drug-likeness (QED) is 0.882. The number of hydrogen-bond acceptors (Lipinski definition) is 3. The highest BCUT2D eigenvalue weighted by molar-refractivity contribution is 7.92. The van der Waals surface area contributed by atoms with Gasteiger partial charge < -0.3 is 5.73 Å². The molecule has 2 aromatic rings. The lowest BCUT2D eigenvalue weighted by Gasteiger charge is -2.25. The summed E-state index contributed by atoms with van der Waals surface area (Å²) in [4.78, 5) is 11.4. The first kappa shape index (κ1) is 17.0. The van der Waals surface area contributed by atoms with Gasteiger partial charge in [0, 0.05) is 13.0 Å². The second-order valence-electron chi connectivity index (χ2n) is 5.40. The van der Waals surface area contributed by atoms with Crippen LogP contribution in [0.3, 0.4) is 0 Å². The second kappa shape index (κ2) is 6.83. The first-order valence-electron chi connectivity index (χ1n) is 7.25. The zero-order chi connectivity index (χ0) is 17.0. The summed E-state index contributed by atoms with van der Waals surface area (Å²) in [6.45, 7) is 3.60. The van der Waals surface area contributed by atoms with E-state index in [2.05, 4.69) is 0 Å². The van der Waals surface area contributed by atoms with Gasteiger partial charge in [0.2, 0.25) is 5.91 Å². The molecule has 0 aromatic heterocycles. The van der Waals surface area contributed by atoms with Crippen LogP contribution in [0.1, 0.15) is 17.5 Å². The summed E-state index contributed by atoms with van der Waals surface area (Å²) in [6.07, 6.45) is -0.0427. The average molecular weight is 332 g/mol. The molecule has 0 aliphatic carbocycles. The van der Waals surface area contributed by atoms with Crippen LogP contribution < -0.4 is 10.0 Å². The van der Waals surface area contributed by atoms with Crippen molar-refractivity contribution in [3.8, 4) is 0 Å². The molecule has 0 bridgehead atoms. The number of hydrogen-bond donors (Lipinski definition) is 1. The van der Waals surface area contributed by atoms with Gasteiger partial charge in [-0.2, -0.15) is 0 Å². The topological polar surface area (TPSA) is 80.5 Å². The van der Waals surface area contributed by atoms with E-state index in [0.29, 0.717) is 11.3 Å². The zero-order valence-electron chi connectivity index (χ0n) is 13.2. The van der Waals surface area contributed by atoms with Gasteiger partial charge >= 0.3 is 0 Å². The van der Waals surface area contributed by atoms with Gasteiger partial charge in [-0.05, 0) is 43.2 Å². The predicted molar refractivity (Wildman–Crippen MR) is 90.7 cm³/mol. The maximum absolute atomic E-state index is 13.1. The minimum absolute atomic E-state index is 0.00899. The number of rotatable bonds is 6. The minimum atomic E-state index is -3.78. The van der Waals surface area contributed by atoms with E-state index in [9.17, 15) is 13.2 Å². The van der Waals surface area contributed by atoms with Gasteiger partial charge in [-0.25, -0.2) is 8.42 Å². The Hall–Kier alpha value is -2.34. The number of nitrogens with zero attached hydrogens (tertiary/aromatic N) is 1. The number of carbonyl (C=O) groups is 1. The third kappa shape index (κ3) is 3.90. The third-order valence-corrected chi connectivity index (χ3v) is 5.49. The number of para-hydroxylation sites is 1. The van der Waals surface area contributed by atoms with Crippen molar-refractivity contribution in [2.75, 3.05) is 10.8 Å². The van der Waals surface area contributed by atoms with E-state index in [4.69, 9.17) is 5.73 Å². The summed E-state index contributed by atoms with van der Waals surface area (Å²) in [5.74, 6) is -0.540. The van der Waals surface area contributed by atoms with Crippen molar-refractivity contribution >= 4 is 21.6 Å². The van der Waals surface area contributed by atoms with E-state index in [1.54, 1.807) is 49.4 Å². The molecule has 2 aromatic carbocycles. The Morgan fingerprint density at radius 2 is 1.74 bits per heavy atom. The molecule has 122 valence electrons. The van der Waals surface area contributed by atoms with Crippen LogP contribution in [0.2, 0.25) is 0 Å². The number of primary amides is 1. The number of nitrogens with two attached hydrogens (primary N) is 1. The molecule has 2 rings (SSSR count). The molecule has 0 saturated carbocycles. The van der Waals surface area contributed by atoms with Crippen molar-refractivity contribution < 1.29 is 13.2 Å². The highest BCUT2D eigenvalue weighted by atomic mass is 32.2. The molecule has 0 aliphatic rings. The molecule has 0 fully saturated rings. The molecule has 0 heterocycles. The molecule has 0 atom stereocenters. The molecular formula is C17H20N2O3S. The van der Waals surface area contributed by atoms with Gasteiger partial charge in [0.25, 0.3) is 10.0 Å². The molecule has 1 amide bonds. The fourth-order valence-electron chi connectivity index (χ4n) is 2.30. The average Bonchev–Trinajstić information content (AvgIpc) is 2.50. The summed E-state index contributed by atoms with van der Waals surface area (Å²) < 4.78 is 27.4. The Morgan fingerprint density at radius 1 is 1.09 bits per heavy atom. The van der Waals surface area contributed by atoms with Crippen LogP contribution in [-0.2, 0) is 14.8 Å². The molecular weight excluding hydrogens is 312 g/mol. The SMILES string of the molecule is Cc1ccc(C)c(S(=O)(=O)N(CCC(N)=O)c2ccccc2)c1. The smallest absolute Gasteiger partial charge is 0.264 e. The fraction of sp³-hybridized carbons (Fsp3) is 0.235. The molecule has 0 saturated heterocycles.